The Labute approximate surface area is 176 Å². The Balaban J connectivity index is 1.50. The number of carbonyl (C=O) groups is 1. The van der Waals surface area contributed by atoms with Crippen molar-refractivity contribution in [2.45, 2.75) is 0 Å². The van der Waals surface area contributed by atoms with Crippen LogP contribution in [0.15, 0.2) is 95.7 Å². The summed E-state index contributed by atoms with van der Waals surface area (Å²) in [5, 5.41) is 2.89. The van der Waals surface area contributed by atoms with Crippen molar-refractivity contribution in [1.29, 1.82) is 0 Å². The second kappa shape index (κ2) is 8.67. The molecule has 4 rings (SSSR count). The largest absolute Gasteiger partial charge is 0.424 e. The highest BCUT2D eigenvalue weighted by atomic mass is 79.9. The molecule has 0 unspecified atom stereocenters. The van der Waals surface area contributed by atoms with Crippen LogP contribution in [0.25, 0.3) is 11.1 Å². The van der Waals surface area contributed by atoms with E-state index in [9.17, 15) is 4.79 Å². The first kappa shape index (κ1) is 18.8. The fourth-order valence-corrected chi connectivity index (χ4v) is 3.12. The number of benzene rings is 3. The molecular weight excluding hydrogens is 430 g/mol. The van der Waals surface area contributed by atoms with Crippen molar-refractivity contribution < 1.29 is 9.53 Å². The van der Waals surface area contributed by atoms with Crippen LogP contribution in [0.2, 0.25) is 0 Å². The summed E-state index contributed by atoms with van der Waals surface area (Å²) in [4.78, 5) is 21.1. The van der Waals surface area contributed by atoms with E-state index in [-0.39, 0.29) is 11.9 Å². The van der Waals surface area contributed by atoms with Gasteiger partial charge in [0.1, 0.15) is 5.75 Å². The fraction of sp³-hybridized carbons (Fsp3) is 0. The van der Waals surface area contributed by atoms with Gasteiger partial charge in [-0.05, 0) is 48.0 Å². The lowest BCUT2D eigenvalue weighted by molar-refractivity contribution is 0.102. The van der Waals surface area contributed by atoms with Gasteiger partial charge in [0.05, 0.1) is 0 Å². The molecule has 142 valence electrons. The summed E-state index contributed by atoms with van der Waals surface area (Å²) in [7, 11) is 0. The number of halogens is 1. The Morgan fingerprint density at radius 3 is 2.34 bits per heavy atom. The summed E-state index contributed by atoms with van der Waals surface area (Å²) in [6, 6.07) is 24.4. The molecular formula is C23H16BrN3O2. The fourth-order valence-electron chi connectivity index (χ4n) is 2.72. The van der Waals surface area contributed by atoms with Gasteiger partial charge in [0.25, 0.3) is 5.91 Å². The van der Waals surface area contributed by atoms with Crippen molar-refractivity contribution in [3.8, 4) is 22.9 Å². The van der Waals surface area contributed by atoms with Crippen molar-refractivity contribution >= 4 is 27.5 Å². The van der Waals surface area contributed by atoms with E-state index in [1.165, 1.54) is 0 Å². The van der Waals surface area contributed by atoms with Crippen molar-refractivity contribution in [3.63, 3.8) is 0 Å². The second-order valence-electron chi connectivity index (χ2n) is 6.21. The summed E-state index contributed by atoms with van der Waals surface area (Å²) < 4.78 is 6.52. The van der Waals surface area contributed by atoms with E-state index in [0.29, 0.717) is 11.3 Å². The van der Waals surface area contributed by atoms with Crippen LogP contribution in [0, 0.1) is 0 Å². The van der Waals surface area contributed by atoms with Crippen LogP contribution in [0.5, 0.6) is 11.8 Å². The van der Waals surface area contributed by atoms with Gasteiger partial charge in [-0.15, -0.1) is 0 Å². The van der Waals surface area contributed by atoms with Crippen molar-refractivity contribution in [3.05, 3.63) is 101 Å². The predicted molar refractivity (Wildman–Crippen MR) is 116 cm³/mol. The van der Waals surface area contributed by atoms with Crippen molar-refractivity contribution in [2.75, 3.05) is 5.32 Å². The number of aromatic nitrogens is 2. The number of amides is 1. The zero-order valence-electron chi connectivity index (χ0n) is 15.2. The lowest BCUT2D eigenvalue weighted by atomic mass is 10.1. The standard InChI is InChI=1S/C23H16BrN3O2/c24-19-8-5-9-20(13-19)27-22(28)17-7-4-6-16(12-17)18-14-25-23(26-15-18)29-21-10-2-1-3-11-21/h1-15H,(H,27,28). The van der Waals surface area contributed by atoms with Gasteiger partial charge < -0.3 is 10.1 Å². The normalized spacial score (nSPS) is 10.4. The molecule has 0 saturated heterocycles. The molecule has 3 aromatic carbocycles. The van der Waals surface area contributed by atoms with E-state index in [1.54, 1.807) is 18.5 Å². The van der Waals surface area contributed by atoms with E-state index in [0.717, 1.165) is 21.3 Å². The van der Waals surface area contributed by atoms with Gasteiger partial charge in [0, 0.05) is 33.7 Å². The monoisotopic (exact) mass is 445 g/mol. The summed E-state index contributed by atoms with van der Waals surface area (Å²) in [5.74, 6) is 0.487. The lowest BCUT2D eigenvalue weighted by Gasteiger charge is -2.08. The van der Waals surface area contributed by atoms with E-state index < -0.39 is 0 Å². The maximum absolute atomic E-state index is 12.6. The zero-order chi connectivity index (χ0) is 20.1. The molecule has 29 heavy (non-hydrogen) atoms. The average molecular weight is 446 g/mol. The molecule has 0 bridgehead atoms. The number of nitrogens with one attached hydrogen (secondary N) is 1. The van der Waals surface area contributed by atoms with Crippen LogP contribution >= 0.6 is 15.9 Å². The van der Waals surface area contributed by atoms with Gasteiger partial charge in [0.2, 0.25) is 0 Å². The molecule has 1 aromatic heterocycles. The molecule has 1 amide bonds. The molecule has 6 heteroatoms. The highest BCUT2D eigenvalue weighted by Gasteiger charge is 2.09. The Morgan fingerprint density at radius 2 is 1.59 bits per heavy atom. The first-order valence-corrected chi connectivity index (χ1v) is 9.69. The number of carbonyl (C=O) groups excluding carboxylic acids is 1. The number of nitrogens with zero attached hydrogens (tertiary/aromatic N) is 2. The number of para-hydroxylation sites is 1. The van der Waals surface area contributed by atoms with E-state index >= 15 is 0 Å². The van der Waals surface area contributed by atoms with Gasteiger partial charge in [-0.3, -0.25) is 4.79 Å². The maximum Gasteiger partial charge on any atom is 0.321 e. The predicted octanol–water partition coefficient (Wildman–Crippen LogP) is 5.95. The second-order valence-corrected chi connectivity index (χ2v) is 7.13. The third-order valence-electron chi connectivity index (χ3n) is 4.12. The van der Waals surface area contributed by atoms with Crippen LogP contribution in [0.3, 0.4) is 0 Å². The van der Waals surface area contributed by atoms with Crippen LogP contribution in [-0.4, -0.2) is 15.9 Å². The van der Waals surface area contributed by atoms with Gasteiger partial charge in [-0.2, -0.15) is 0 Å². The minimum atomic E-state index is -0.185. The summed E-state index contributed by atoms with van der Waals surface area (Å²) in [6.07, 6.45) is 3.35. The number of anilines is 1. The van der Waals surface area contributed by atoms with Crippen molar-refractivity contribution in [2.24, 2.45) is 0 Å². The highest BCUT2D eigenvalue weighted by Crippen LogP contribution is 2.23. The Morgan fingerprint density at radius 1 is 0.828 bits per heavy atom. The number of hydrogen-bond acceptors (Lipinski definition) is 4. The summed E-state index contributed by atoms with van der Waals surface area (Å²) in [5.41, 5.74) is 2.91. The molecule has 1 heterocycles. The molecule has 0 aliphatic heterocycles. The molecule has 0 saturated carbocycles. The Kier molecular flexibility index (Phi) is 5.63. The highest BCUT2D eigenvalue weighted by molar-refractivity contribution is 9.10. The number of rotatable bonds is 5. The number of ether oxygens (including phenoxy) is 1. The topological polar surface area (TPSA) is 64.1 Å². The third kappa shape index (κ3) is 4.86. The minimum Gasteiger partial charge on any atom is -0.424 e. The SMILES string of the molecule is O=C(Nc1cccc(Br)c1)c1cccc(-c2cnc(Oc3ccccc3)nc2)c1. The molecule has 5 nitrogen and oxygen atoms in total. The third-order valence-corrected chi connectivity index (χ3v) is 4.61. The molecule has 1 N–H and O–H groups in total. The average Bonchev–Trinajstić information content (AvgIpc) is 2.75. The quantitative estimate of drug-likeness (QED) is 0.412. The molecule has 0 aliphatic carbocycles. The molecule has 4 aromatic rings. The van der Waals surface area contributed by atoms with Gasteiger partial charge in [-0.25, -0.2) is 9.97 Å². The van der Waals surface area contributed by atoms with Crippen molar-refractivity contribution in [1.82, 2.24) is 9.97 Å². The van der Waals surface area contributed by atoms with Crippen LogP contribution in [0.4, 0.5) is 5.69 Å². The van der Waals surface area contributed by atoms with Gasteiger partial charge in [0.15, 0.2) is 0 Å². The summed E-state index contributed by atoms with van der Waals surface area (Å²) in [6.45, 7) is 0. The Bertz CT molecular complexity index is 1130. The number of hydrogen-bond donors (Lipinski definition) is 1. The minimum absolute atomic E-state index is 0.185. The molecule has 0 fully saturated rings. The Hall–Kier alpha value is -3.51. The molecule has 0 atom stereocenters. The van der Waals surface area contributed by atoms with Crippen LogP contribution in [-0.2, 0) is 0 Å². The van der Waals surface area contributed by atoms with E-state index in [1.807, 2.05) is 72.8 Å². The lowest BCUT2D eigenvalue weighted by Crippen LogP contribution is -2.11. The summed E-state index contributed by atoms with van der Waals surface area (Å²) >= 11 is 3.40. The first-order chi connectivity index (χ1) is 14.2. The van der Waals surface area contributed by atoms with E-state index in [2.05, 4.69) is 31.2 Å². The molecule has 0 aliphatic rings. The van der Waals surface area contributed by atoms with Gasteiger partial charge >= 0.3 is 6.01 Å². The molecule has 0 spiro atoms. The van der Waals surface area contributed by atoms with E-state index in [4.69, 9.17) is 4.74 Å². The van der Waals surface area contributed by atoms with Gasteiger partial charge in [-0.1, -0.05) is 52.3 Å². The first-order valence-electron chi connectivity index (χ1n) is 8.90. The smallest absolute Gasteiger partial charge is 0.321 e. The van der Waals surface area contributed by atoms with Crippen LogP contribution in [0.1, 0.15) is 10.4 Å². The molecule has 0 radical (unpaired) electrons. The zero-order valence-corrected chi connectivity index (χ0v) is 16.8. The maximum atomic E-state index is 12.6. The van der Waals surface area contributed by atoms with Crippen LogP contribution < -0.4 is 10.1 Å².